The zero-order valence-electron chi connectivity index (χ0n) is 15.3. The molecule has 3 heterocycles. The van der Waals surface area contributed by atoms with Gasteiger partial charge in [-0.05, 0) is 42.1 Å². The van der Waals surface area contributed by atoms with Gasteiger partial charge in [-0.2, -0.15) is 0 Å². The number of nitrogens with zero attached hydrogens (tertiary/aromatic N) is 2. The van der Waals surface area contributed by atoms with Crippen LogP contribution < -0.4 is 10.5 Å². The number of thiophene rings is 1. The number of thioether (sulfide) groups is 1. The molecule has 0 bridgehead atoms. The van der Waals surface area contributed by atoms with Crippen molar-refractivity contribution in [2.24, 2.45) is 0 Å². The normalized spacial score (nSPS) is 12.7. The van der Waals surface area contributed by atoms with Gasteiger partial charge in [0.05, 0.1) is 22.5 Å². The number of para-hydroxylation sites is 2. The molecule has 144 valence electrons. The maximum absolute atomic E-state index is 13.2. The number of carbonyl (C=O) groups is 1. The average molecular weight is 438 g/mol. The van der Waals surface area contributed by atoms with Gasteiger partial charge < -0.3 is 4.98 Å². The Morgan fingerprint density at radius 3 is 2.45 bits per heavy atom. The maximum atomic E-state index is 13.2. The van der Waals surface area contributed by atoms with Gasteiger partial charge in [0.1, 0.15) is 4.83 Å². The summed E-state index contributed by atoms with van der Waals surface area (Å²) in [6, 6.07) is 15.8. The van der Waals surface area contributed by atoms with Crippen molar-refractivity contribution >= 4 is 62.4 Å². The summed E-state index contributed by atoms with van der Waals surface area (Å²) in [7, 11) is 0. The predicted molar refractivity (Wildman–Crippen MR) is 120 cm³/mol. The molecule has 0 fully saturated rings. The number of amides is 1. The van der Waals surface area contributed by atoms with Crippen LogP contribution in [0.15, 0.2) is 73.7 Å². The summed E-state index contributed by atoms with van der Waals surface area (Å²) in [6.07, 6.45) is 0. The number of aromatic nitrogens is 2. The number of nitrogens with one attached hydrogen (secondary N) is 1. The molecule has 0 saturated heterocycles. The summed E-state index contributed by atoms with van der Waals surface area (Å²) < 4.78 is 0. The van der Waals surface area contributed by atoms with Gasteiger partial charge in [0, 0.05) is 9.79 Å². The Balaban J connectivity index is 1.45. The predicted octanol–water partition coefficient (Wildman–Crippen LogP) is 5.21. The van der Waals surface area contributed by atoms with Gasteiger partial charge >= 0.3 is 0 Å². The highest BCUT2D eigenvalue weighted by atomic mass is 32.2. The number of fused-ring (bicyclic) bond motifs is 3. The highest BCUT2D eigenvalue weighted by molar-refractivity contribution is 8.00. The second kappa shape index (κ2) is 7.37. The molecular formula is C21H15N3O2S3. The van der Waals surface area contributed by atoms with E-state index in [1.807, 2.05) is 60.8 Å². The van der Waals surface area contributed by atoms with Crippen molar-refractivity contribution in [3.8, 4) is 0 Å². The summed E-state index contributed by atoms with van der Waals surface area (Å²) in [5.41, 5.74) is 2.53. The molecule has 1 aliphatic heterocycles. The highest BCUT2D eigenvalue weighted by Crippen LogP contribution is 2.48. The fourth-order valence-corrected chi connectivity index (χ4v) is 6.05. The van der Waals surface area contributed by atoms with E-state index >= 15 is 0 Å². The third-order valence-electron chi connectivity index (χ3n) is 4.62. The van der Waals surface area contributed by atoms with E-state index < -0.39 is 0 Å². The molecule has 1 aliphatic rings. The number of hydrogen-bond donors (Lipinski definition) is 1. The molecule has 29 heavy (non-hydrogen) atoms. The quantitative estimate of drug-likeness (QED) is 0.352. The standard InChI is InChI=1S/C21H15N3O2S3/c1-12-10-27-20-18(12)19(26)22-21(23-20)28-11-17(25)24-13-6-2-4-8-15(13)29-16-9-5-3-7-14(16)24/h2-10H,11H2,1H3,(H,22,23,26). The van der Waals surface area contributed by atoms with E-state index in [9.17, 15) is 9.59 Å². The third-order valence-corrected chi connectivity index (χ3v) is 7.60. The van der Waals surface area contributed by atoms with Crippen molar-refractivity contribution in [1.82, 2.24) is 9.97 Å². The SMILES string of the molecule is Cc1csc2nc(SCC(=O)N3c4ccccc4Sc4ccccc43)[nH]c(=O)c12. The summed E-state index contributed by atoms with van der Waals surface area (Å²) in [5, 5.41) is 3.01. The van der Waals surface area contributed by atoms with Crippen LogP contribution >= 0.6 is 34.9 Å². The lowest BCUT2D eigenvalue weighted by Crippen LogP contribution is -2.30. The first kappa shape index (κ1) is 18.5. The minimum atomic E-state index is -0.159. The van der Waals surface area contributed by atoms with Crippen molar-refractivity contribution in [2.45, 2.75) is 21.9 Å². The maximum Gasteiger partial charge on any atom is 0.260 e. The van der Waals surface area contributed by atoms with Crippen molar-refractivity contribution in [3.05, 3.63) is 69.8 Å². The topological polar surface area (TPSA) is 66.1 Å². The molecule has 1 amide bonds. The Labute approximate surface area is 179 Å². The van der Waals surface area contributed by atoms with Crippen molar-refractivity contribution in [1.29, 1.82) is 0 Å². The van der Waals surface area contributed by atoms with Crippen LogP contribution in [-0.2, 0) is 4.79 Å². The van der Waals surface area contributed by atoms with E-state index in [0.717, 1.165) is 26.7 Å². The largest absolute Gasteiger partial charge is 0.301 e. The Bertz CT molecular complexity index is 1270. The number of aromatic amines is 1. The number of hydrogen-bond acceptors (Lipinski definition) is 6. The highest BCUT2D eigenvalue weighted by Gasteiger charge is 2.27. The fourth-order valence-electron chi connectivity index (χ4n) is 3.31. The van der Waals surface area contributed by atoms with Crippen LogP contribution in [0.25, 0.3) is 10.2 Å². The molecule has 0 spiro atoms. The van der Waals surface area contributed by atoms with Crippen LogP contribution in [0.2, 0.25) is 0 Å². The Hall–Kier alpha value is -2.55. The van der Waals surface area contributed by atoms with E-state index in [1.54, 1.807) is 16.7 Å². The molecule has 8 heteroatoms. The molecule has 2 aromatic carbocycles. The van der Waals surface area contributed by atoms with E-state index in [2.05, 4.69) is 9.97 Å². The minimum absolute atomic E-state index is 0.0553. The zero-order chi connectivity index (χ0) is 20.0. The number of anilines is 2. The lowest BCUT2D eigenvalue weighted by Gasteiger charge is -2.30. The number of benzene rings is 2. The molecular weight excluding hydrogens is 422 g/mol. The average Bonchev–Trinajstić information content (AvgIpc) is 3.11. The summed E-state index contributed by atoms with van der Waals surface area (Å²) in [5.74, 6) is 0.117. The van der Waals surface area contributed by atoms with Crippen LogP contribution in [-0.4, -0.2) is 21.6 Å². The molecule has 2 aromatic heterocycles. The van der Waals surface area contributed by atoms with Crippen molar-refractivity contribution < 1.29 is 4.79 Å². The van der Waals surface area contributed by atoms with Gasteiger partial charge in [0.25, 0.3) is 5.56 Å². The molecule has 4 aromatic rings. The minimum Gasteiger partial charge on any atom is -0.301 e. The molecule has 5 rings (SSSR count). The Morgan fingerprint density at radius 2 is 1.76 bits per heavy atom. The van der Waals surface area contributed by atoms with Gasteiger partial charge in [-0.3, -0.25) is 14.5 Å². The van der Waals surface area contributed by atoms with E-state index in [1.165, 1.54) is 23.1 Å². The second-order valence-electron chi connectivity index (χ2n) is 6.53. The molecule has 0 atom stereocenters. The van der Waals surface area contributed by atoms with Crippen LogP contribution in [0, 0.1) is 6.92 Å². The first-order chi connectivity index (χ1) is 14.1. The molecule has 0 aliphatic carbocycles. The van der Waals surface area contributed by atoms with Gasteiger partial charge in [0.15, 0.2) is 5.16 Å². The molecule has 0 saturated carbocycles. The van der Waals surface area contributed by atoms with Gasteiger partial charge in [-0.25, -0.2) is 4.98 Å². The summed E-state index contributed by atoms with van der Waals surface area (Å²) in [4.78, 5) is 37.5. The van der Waals surface area contributed by atoms with Crippen LogP contribution in [0.1, 0.15) is 5.56 Å². The number of H-pyrrole nitrogens is 1. The smallest absolute Gasteiger partial charge is 0.260 e. The number of aryl methyl sites for hydroxylation is 1. The van der Waals surface area contributed by atoms with Gasteiger partial charge in [-0.1, -0.05) is 47.8 Å². The summed E-state index contributed by atoms with van der Waals surface area (Å²) >= 11 is 4.36. The van der Waals surface area contributed by atoms with Gasteiger partial charge in [-0.15, -0.1) is 11.3 Å². The zero-order valence-corrected chi connectivity index (χ0v) is 17.8. The van der Waals surface area contributed by atoms with Crippen molar-refractivity contribution in [2.75, 3.05) is 10.7 Å². The second-order valence-corrected chi connectivity index (χ2v) is 9.43. The summed E-state index contributed by atoms with van der Waals surface area (Å²) in [6.45, 7) is 1.90. The monoisotopic (exact) mass is 437 g/mol. The van der Waals surface area contributed by atoms with Crippen LogP contribution in [0.5, 0.6) is 0 Å². The Kier molecular flexibility index (Phi) is 4.69. The lowest BCUT2D eigenvalue weighted by atomic mass is 10.2. The molecule has 5 nitrogen and oxygen atoms in total. The molecule has 1 N–H and O–H groups in total. The first-order valence-electron chi connectivity index (χ1n) is 8.91. The fraction of sp³-hybridized carbons (Fsp3) is 0.0952. The van der Waals surface area contributed by atoms with E-state index in [-0.39, 0.29) is 17.2 Å². The lowest BCUT2D eigenvalue weighted by molar-refractivity contribution is -0.115. The molecule has 0 radical (unpaired) electrons. The number of rotatable bonds is 3. The number of carbonyl (C=O) groups excluding carboxylic acids is 1. The van der Waals surface area contributed by atoms with E-state index in [4.69, 9.17) is 0 Å². The van der Waals surface area contributed by atoms with E-state index in [0.29, 0.717) is 15.4 Å². The van der Waals surface area contributed by atoms with Gasteiger partial charge in [0.2, 0.25) is 5.91 Å². The van der Waals surface area contributed by atoms with Crippen LogP contribution in [0.3, 0.4) is 0 Å². The molecule has 0 unspecified atom stereocenters. The third kappa shape index (κ3) is 3.27. The first-order valence-corrected chi connectivity index (χ1v) is 11.6. The van der Waals surface area contributed by atoms with Crippen LogP contribution in [0.4, 0.5) is 11.4 Å². The van der Waals surface area contributed by atoms with Crippen molar-refractivity contribution in [3.63, 3.8) is 0 Å². The Morgan fingerprint density at radius 1 is 1.10 bits per heavy atom.